The molecule has 1 amide bonds. The lowest BCUT2D eigenvalue weighted by Crippen LogP contribution is -2.30. The lowest BCUT2D eigenvalue weighted by Gasteiger charge is -2.18. The van der Waals surface area contributed by atoms with E-state index in [1.165, 1.54) is 0 Å². The zero-order chi connectivity index (χ0) is 20.8. The molecule has 0 saturated heterocycles. The van der Waals surface area contributed by atoms with E-state index in [9.17, 15) is 4.79 Å². The third-order valence-corrected chi connectivity index (χ3v) is 6.45. The molecule has 0 aliphatic heterocycles. The molecule has 1 N–H and O–H groups in total. The maximum Gasteiger partial charge on any atom is 0.226 e. The Bertz CT molecular complexity index is 1070. The van der Waals surface area contributed by atoms with E-state index < -0.39 is 0 Å². The van der Waals surface area contributed by atoms with Crippen molar-refractivity contribution >= 4 is 28.6 Å². The van der Waals surface area contributed by atoms with Crippen molar-refractivity contribution in [2.75, 3.05) is 6.61 Å². The van der Waals surface area contributed by atoms with Crippen molar-refractivity contribution in [2.24, 2.45) is 0 Å². The van der Waals surface area contributed by atoms with Gasteiger partial charge in [0.25, 0.3) is 0 Å². The number of nitrogens with zero attached hydrogens (tertiary/aromatic N) is 1. The maximum atomic E-state index is 12.8. The predicted octanol–water partition coefficient (Wildman–Crippen LogP) is 5.72. The van der Waals surface area contributed by atoms with E-state index in [-0.39, 0.29) is 18.4 Å². The van der Waals surface area contributed by atoms with Crippen LogP contribution in [0, 0.1) is 0 Å². The Hall–Kier alpha value is -2.96. The number of rotatable bonds is 8. The first-order chi connectivity index (χ1) is 14.7. The number of thiazole rings is 1. The number of aromatic nitrogens is 1. The highest BCUT2D eigenvalue weighted by molar-refractivity contribution is 7.13. The summed E-state index contributed by atoms with van der Waals surface area (Å²) >= 11 is 3.19. The molecule has 0 fully saturated rings. The van der Waals surface area contributed by atoms with Gasteiger partial charge in [-0.25, -0.2) is 4.98 Å². The summed E-state index contributed by atoms with van der Waals surface area (Å²) in [5, 5.41) is 8.06. The summed E-state index contributed by atoms with van der Waals surface area (Å²) in [6.07, 6.45) is 0.252. The molecular formula is C24H22N2O2S2. The number of thiophene rings is 1. The van der Waals surface area contributed by atoms with Gasteiger partial charge in [0.05, 0.1) is 24.8 Å². The minimum absolute atomic E-state index is 0.0409. The second kappa shape index (κ2) is 9.69. The van der Waals surface area contributed by atoms with E-state index in [0.29, 0.717) is 6.61 Å². The summed E-state index contributed by atoms with van der Waals surface area (Å²) in [4.78, 5) is 18.6. The van der Waals surface area contributed by atoms with Gasteiger partial charge in [-0.1, -0.05) is 36.4 Å². The van der Waals surface area contributed by atoms with Gasteiger partial charge in [-0.3, -0.25) is 4.79 Å². The standard InChI is InChI=1S/C24H22N2O2S2/c1-2-28-20-12-10-18(11-13-20)24-25-19(16-30-24)15-22(27)26-23(21-9-6-14-29-21)17-7-4-3-5-8-17/h3-14,16,23H,2,15H2,1H3,(H,26,27). The highest BCUT2D eigenvalue weighted by atomic mass is 32.1. The second-order valence-electron chi connectivity index (χ2n) is 6.70. The zero-order valence-electron chi connectivity index (χ0n) is 16.6. The first-order valence-corrected chi connectivity index (χ1v) is 11.5. The largest absolute Gasteiger partial charge is 0.494 e. The molecule has 1 atom stereocenters. The maximum absolute atomic E-state index is 12.8. The van der Waals surface area contributed by atoms with E-state index in [0.717, 1.165) is 32.5 Å². The molecule has 0 spiro atoms. The van der Waals surface area contributed by atoms with Crippen LogP contribution in [-0.2, 0) is 11.2 Å². The van der Waals surface area contributed by atoms with Crippen LogP contribution >= 0.6 is 22.7 Å². The molecule has 4 nitrogen and oxygen atoms in total. The average molecular weight is 435 g/mol. The van der Waals surface area contributed by atoms with Gasteiger partial charge < -0.3 is 10.1 Å². The molecule has 30 heavy (non-hydrogen) atoms. The molecule has 0 aliphatic carbocycles. The number of benzene rings is 2. The van der Waals surface area contributed by atoms with Gasteiger partial charge in [0, 0.05) is 15.8 Å². The van der Waals surface area contributed by atoms with Gasteiger partial charge in [-0.2, -0.15) is 0 Å². The molecular weight excluding hydrogens is 412 g/mol. The van der Waals surface area contributed by atoms with Crippen molar-refractivity contribution in [3.05, 3.63) is 93.6 Å². The first kappa shape index (κ1) is 20.3. The topological polar surface area (TPSA) is 51.2 Å². The molecule has 2 heterocycles. The Kier molecular flexibility index (Phi) is 6.57. The minimum atomic E-state index is -0.150. The summed E-state index contributed by atoms with van der Waals surface area (Å²) < 4.78 is 5.49. The van der Waals surface area contributed by atoms with Crippen LogP contribution in [-0.4, -0.2) is 17.5 Å². The van der Waals surface area contributed by atoms with Crippen molar-refractivity contribution in [2.45, 2.75) is 19.4 Å². The van der Waals surface area contributed by atoms with Crippen LogP contribution in [0.4, 0.5) is 0 Å². The fraction of sp³-hybridized carbons (Fsp3) is 0.167. The second-order valence-corrected chi connectivity index (χ2v) is 8.54. The Balaban J connectivity index is 1.45. The van der Waals surface area contributed by atoms with Crippen molar-refractivity contribution in [3.63, 3.8) is 0 Å². The Morgan fingerprint density at radius 3 is 2.53 bits per heavy atom. The highest BCUT2D eigenvalue weighted by Crippen LogP contribution is 2.28. The number of carbonyl (C=O) groups excluding carboxylic acids is 1. The summed E-state index contributed by atoms with van der Waals surface area (Å²) in [6, 6.07) is 21.8. The molecule has 1 unspecified atom stereocenters. The van der Waals surface area contributed by atoms with Crippen molar-refractivity contribution in [3.8, 4) is 16.3 Å². The molecule has 0 aliphatic rings. The molecule has 2 aromatic heterocycles. The summed E-state index contributed by atoms with van der Waals surface area (Å²) in [5.74, 6) is 0.804. The third kappa shape index (κ3) is 4.96. The Morgan fingerprint density at radius 1 is 1.03 bits per heavy atom. The van der Waals surface area contributed by atoms with Crippen LogP contribution in [0.5, 0.6) is 5.75 Å². The van der Waals surface area contributed by atoms with Crippen molar-refractivity contribution in [1.82, 2.24) is 10.3 Å². The van der Waals surface area contributed by atoms with Crippen molar-refractivity contribution < 1.29 is 9.53 Å². The van der Waals surface area contributed by atoms with Crippen LogP contribution in [0.2, 0.25) is 0 Å². The summed E-state index contributed by atoms with van der Waals surface area (Å²) in [6.45, 7) is 2.61. The van der Waals surface area contributed by atoms with Gasteiger partial charge in [-0.05, 0) is 48.2 Å². The fourth-order valence-electron chi connectivity index (χ4n) is 3.18. The van der Waals surface area contributed by atoms with Crippen LogP contribution < -0.4 is 10.1 Å². The number of amides is 1. The van der Waals surface area contributed by atoms with E-state index in [2.05, 4.69) is 16.4 Å². The number of ether oxygens (including phenoxy) is 1. The summed E-state index contributed by atoms with van der Waals surface area (Å²) in [5.41, 5.74) is 2.87. The molecule has 0 bridgehead atoms. The fourth-order valence-corrected chi connectivity index (χ4v) is 4.81. The van der Waals surface area contributed by atoms with E-state index in [4.69, 9.17) is 4.74 Å². The number of hydrogen-bond acceptors (Lipinski definition) is 5. The molecule has 2 aromatic carbocycles. The van der Waals surface area contributed by atoms with Crippen LogP contribution in [0.1, 0.15) is 29.1 Å². The lowest BCUT2D eigenvalue weighted by molar-refractivity contribution is -0.120. The SMILES string of the molecule is CCOc1ccc(-c2nc(CC(=O)NC(c3ccccc3)c3cccs3)cs2)cc1. The van der Waals surface area contributed by atoms with Gasteiger partial charge >= 0.3 is 0 Å². The predicted molar refractivity (Wildman–Crippen MR) is 123 cm³/mol. The Labute approximate surface area is 184 Å². The minimum Gasteiger partial charge on any atom is -0.494 e. The first-order valence-electron chi connectivity index (χ1n) is 9.78. The van der Waals surface area contributed by atoms with Crippen LogP contribution in [0.3, 0.4) is 0 Å². The molecule has 4 rings (SSSR count). The van der Waals surface area contributed by atoms with E-state index in [1.54, 1.807) is 22.7 Å². The van der Waals surface area contributed by atoms with Gasteiger partial charge in [0.2, 0.25) is 5.91 Å². The number of nitrogens with one attached hydrogen (secondary N) is 1. The molecule has 6 heteroatoms. The van der Waals surface area contributed by atoms with Crippen LogP contribution in [0.25, 0.3) is 10.6 Å². The van der Waals surface area contributed by atoms with Crippen LogP contribution in [0.15, 0.2) is 77.5 Å². The Morgan fingerprint density at radius 2 is 1.83 bits per heavy atom. The normalized spacial score (nSPS) is 11.8. The highest BCUT2D eigenvalue weighted by Gasteiger charge is 2.18. The molecule has 0 radical (unpaired) electrons. The van der Waals surface area contributed by atoms with E-state index in [1.807, 2.05) is 78.3 Å². The summed E-state index contributed by atoms with van der Waals surface area (Å²) in [7, 11) is 0. The van der Waals surface area contributed by atoms with E-state index >= 15 is 0 Å². The molecule has 4 aromatic rings. The quantitative estimate of drug-likeness (QED) is 0.386. The molecule has 0 saturated carbocycles. The zero-order valence-corrected chi connectivity index (χ0v) is 18.2. The van der Waals surface area contributed by atoms with Crippen molar-refractivity contribution in [1.29, 1.82) is 0 Å². The molecule has 152 valence electrons. The monoisotopic (exact) mass is 434 g/mol. The van der Waals surface area contributed by atoms with Gasteiger partial charge in [-0.15, -0.1) is 22.7 Å². The van der Waals surface area contributed by atoms with Gasteiger partial charge in [0.1, 0.15) is 10.8 Å². The average Bonchev–Trinajstić information content (AvgIpc) is 3.46. The number of carbonyl (C=O) groups is 1. The lowest BCUT2D eigenvalue weighted by atomic mass is 10.1. The van der Waals surface area contributed by atoms with Gasteiger partial charge in [0.15, 0.2) is 0 Å². The smallest absolute Gasteiger partial charge is 0.226 e. The third-order valence-electron chi connectivity index (χ3n) is 4.57. The number of hydrogen-bond donors (Lipinski definition) is 1.